The number of nitrogens with zero attached hydrogens (tertiary/aromatic N) is 1. The minimum atomic E-state index is -0.194. The predicted octanol–water partition coefficient (Wildman–Crippen LogP) is 5.15. The van der Waals surface area contributed by atoms with E-state index in [4.69, 9.17) is 9.72 Å². The fraction of sp³-hybridized carbons (Fsp3) is 0.500. The molecule has 0 bridgehead atoms. The van der Waals surface area contributed by atoms with Gasteiger partial charge in [-0.1, -0.05) is 58.0 Å². The van der Waals surface area contributed by atoms with Crippen molar-refractivity contribution >= 4 is 22.4 Å². The van der Waals surface area contributed by atoms with Gasteiger partial charge in [-0.2, -0.15) is 0 Å². The second kappa shape index (κ2) is 8.99. The summed E-state index contributed by atoms with van der Waals surface area (Å²) < 4.78 is 4.86. The third kappa shape index (κ3) is 5.30. The highest BCUT2D eigenvalue weighted by molar-refractivity contribution is 7.15. The lowest BCUT2D eigenvalue weighted by atomic mass is 9.96. The summed E-state index contributed by atoms with van der Waals surface area (Å²) >= 11 is 1.72. The molecule has 1 aromatic carbocycles. The average molecular weight is 361 g/mol. The molecule has 0 spiro atoms. The largest absolute Gasteiger partial charge is 0.469 e. The highest BCUT2D eigenvalue weighted by atomic mass is 32.1. The average Bonchev–Trinajstić information content (AvgIpc) is 3.04. The van der Waals surface area contributed by atoms with Crippen LogP contribution in [0.5, 0.6) is 0 Å². The van der Waals surface area contributed by atoms with Crippen LogP contribution in [0.1, 0.15) is 68.0 Å². The van der Waals surface area contributed by atoms with Gasteiger partial charge in [0.1, 0.15) is 0 Å². The first-order chi connectivity index (χ1) is 11.9. The SMILES string of the molecule is COC(=O)CC(CNc1nc(C(C)C)c(C(C)C)s1)c1ccccc1. The molecule has 5 heteroatoms. The fourth-order valence-electron chi connectivity index (χ4n) is 2.77. The number of hydrogen-bond donors (Lipinski definition) is 1. The Morgan fingerprint density at radius 2 is 1.84 bits per heavy atom. The Bertz CT molecular complexity index is 655. The van der Waals surface area contributed by atoms with E-state index in [-0.39, 0.29) is 11.9 Å². The number of benzene rings is 1. The number of aromatic nitrogens is 1. The molecule has 0 radical (unpaired) electrons. The summed E-state index contributed by atoms with van der Waals surface area (Å²) in [7, 11) is 1.43. The summed E-state index contributed by atoms with van der Waals surface area (Å²) in [5.41, 5.74) is 2.30. The number of anilines is 1. The van der Waals surface area contributed by atoms with Gasteiger partial charge in [-0.3, -0.25) is 4.79 Å². The molecule has 0 saturated carbocycles. The van der Waals surface area contributed by atoms with Crippen molar-refractivity contribution in [1.82, 2.24) is 4.98 Å². The maximum atomic E-state index is 11.8. The maximum Gasteiger partial charge on any atom is 0.306 e. The van der Waals surface area contributed by atoms with Crippen molar-refractivity contribution in [1.29, 1.82) is 0 Å². The van der Waals surface area contributed by atoms with Crippen LogP contribution in [-0.4, -0.2) is 24.6 Å². The number of nitrogens with one attached hydrogen (secondary N) is 1. The molecule has 1 atom stereocenters. The molecule has 0 aliphatic heterocycles. The lowest BCUT2D eigenvalue weighted by molar-refractivity contribution is -0.141. The van der Waals surface area contributed by atoms with Crippen LogP contribution < -0.4 is 5.32 Å². The summed E-state index contributed by atoms with van der Waals surface area (Å²) in [6.45, 7) is 9.41. The molecular weight excluding hydrogens is 332 g/mol. The van der Waals surface area contributed by atoms with Crippen molar-refractivity contribution in [3.8, 4) is 0 Å². The Hall–Kier alpha value is -1.88. The summed E-state index contributed by atoms with van der Waals surface area (Å²) in [6, 6.07) is 10.1. The lowest BCUT2D eigenvalue weighted by Crippen LogP contribution is -2.17. The number of hydrogen-bond acceptors (Lipinski definition) is 5. The molecule has 0 amide bonds. The summed E-state index contributed by atoms with van der Waals surface area (Å²) in [5.74, 6) is 0.734. The van der Waals surface area contributed by atoms with Gasteiger partial charge in [0.2, 0.25) is 0 Å². The van der Waals surface area contributed by atoms with Gasteiger partial charge < -0.3 is 10.1 Å². The van der Waals surface area contributed by atoms with Gasteiger partial charge in [-0.15, -0.1) is 11.3 Å². The number of carbonyl (C=O) groups excluding carboxylic acids is 1. The molecule has 136 valence electrons. The minimum Gasteiger partial charge on any atom is -0.469 e. The van der Waals surface area contributed by atoms with E-state index in [1.54, 1.807) is 11.3 Å². The molecule has 4 nitrogen and oxygen atoms in total. The van der Waals surface area contributed by atoms with Crippen molar-refractivity contribution in [3.05, 3.63) is 46.5 Å². The van der Waals surface area contributed by atoms with Gasteiger partial charge in [0.25, 0.3) is 0 Å². The molecule has 25 heavy (non-hydrogen) atoms. The van der Waals surface area contributed by atoms with Crippen LogP contribution in [0.15, 0.2) is 30.3 Å². The van der Waals surface area contributed by atoms with Crippen molar-refractivity contribution in [3.63, 3.8) is 0 Å². The Balaban J connectivity index is 2.15. The number of rotatable bonds is 8. The van der Waals surface area contributed by atoms with E-state index in [1.807, 2.05) is 18.2 Å². The smallest absolute Gasteiger partial charge is 0.306 e. The van der Waals surface area contributed by atoms with Crippen LogP contribution in [-0.2, 0) is 9.53 Å². The van der Waals surface area contributed by atoms with Gasteiger partial charge in [0.15, 0.2) is 5.13 Å². The number of esters is 1. The van der Waals surface area contributed by atoms with Crippen LogP contribution >= 0.6 is 11.3 Å². The molecular formula is C20H28N2O2S. The molecule has 0 aliphatic carbocycles. The van der Waals surface area contributed by atoms with Crippen LogP contribution in [0.2, 0.25) is 0 Å². The van der Waals surface area contributed by atoms with Gasteiger partial charge in [-0.05, 0) is 17.4 Å². The van der Waals surface area contributed by atoms with Crippen LogP contribution in [0.25, 0.3) is 0 Å². The standard InChI is InChI=1S/C20H28N2O2S/c1-13(2)18-19(14(3)4)25-20(22-18)21-12-16(11-17(23)24-5)15-9-7-6-8-10-15/h6-10,13-14,16H,11-12H2,1-5H3,(H,21,22). The second-order valence-corrected chi connectivity index (χ2v) is 7.88. The van der Waals surface area contributed by atoms with E-state index in [9.17, 15) is 4.79 Å². The van der Waals surface area contributed by atoms with Crippen LogP contribution in [0.3, 0.4) is 0 Å². The van der Waals surface area contributed by atoms with Crippen LogP contribution in [0, 0.1) is 0 Å². The molecule has 1 unspecified atom stereocenters. The first-order valence-corrected chi connectivity index (χ1v) is 9.60. The fourth-order valence-corrected chi connectivity index (χ4v) is 3.90. The third-order valence-electron chi connectivity index (χ3n) is 4.16. The van der Waals surface area contributed by atoms with Gasteiger partial charge in [-0.25, -0.2) is 4.98 Å². The summed E-state index contributed by atoms with van der Waals surface area (Å²) in [6.07, 6.45) is 0.354. The Labute approximate surface area is 154 Å². The molecule has 1 N–H and O–H groups in total. The van der Waals surface area contributed by atoms with Gasteiger partial charge in [0, 0.05) is 17.3 Å². The Kier molecular flexibility index (Phi) is 7.00. The quantitative estimate of drug-likeness (QED) is 0.662. The van der Waals surface area contributed by atoms with E-state index < -0.39 is 0 Å². The Morgan fingerprint density at radius 1 is 1.16 bits per heavy atom. The molecule has 0 fully saturated rings. The second-order valence-electron chi connectivity index (χ2n) is 6.85. The molecule has 0 saturated heterocycles. The van der Waals surface area contributed by atoms with Crippen LogP contribution in [0.4, 0.5) is 5.13 Å². The van der Waals surface area contributed by atoms with E-state index in [0.717, 1.165) is 10.7 Å². The molecule has 0 aliphatic rings. The molecule has 2 aromatic rings. The first-order valence-electron chi connectivity index (χ1n) is 8.78. The van der Waals surface area contributed by atoms with Crippen molar-refractivity contribution < 1.29 is 9.53 Å². The molecule has 1 aromatic heterocycles. The summed E-state index contributed by atoms with van der Waals surface area (Å²) in [5, 5.41) is 4.37. The van der Waals surface area contributed by atoms with Gasteiger partial charge >= 0.3 is 5.97 Å². The zero-order valence-electron chi connectivity index (χ0n) is 15.7. The Morgan fingerprint density at radius 3 is 2.36 bits per heavy atom. The monoisotopic (exact) mass is 360 g/mol. The zero-order chi connectivity index (χ0) is 18.4. The lowest BCUT2D eigenvalue weighted by Gasteiger charge is -2.16. The molecule has 2 rings (SSSR count). The highest BCUT2D eigenvalue weighted by Gasteiger charge is 2.20. The van der Waals surface area contributed by atoms with E-state index in [2.05, 4.69) is 45.1 Å². The third-order valence-corrected chi connectivity index (χ3v) is 5.49. The van der Waals surface area contributed by atoms with Crippen molar-refractivity contribution in [2.75, 3.05) is 19.0 Å². The normalized spacial score (nSPS) is 12.4. The van der Waals surface area contributed by atoms with E-state index in [1.165, 1.54) is 17.7 Å². The maximum absolute atomic E-state index is 11.8. The minimum absolute atomic E-state index is 0.0579. The number of carbonyl (C=O) groups is 1. The zero-order valence-corrected chi connectivity index (χ0v) is 16.5. The predicted molar refractivity (Wildman–Crippen MR) is 105 cm³/mol. The first kappa shape index (κ1) is 19.4. The van der Waals surface area contributed by atoms with Crippen molar-refractivity contribution in [2.24, 2.45) is 0 Å². The van der Waals surface area contributed by atoms with E-state index in [0.29, 0.717) is 24.8 Å². The molecule has 1 heterocycles. The van der Waals surface area contributed by atoms with Gasteiger partial charge in [0.05, 0.1) is 19.2 Å². The highest BCUT2D eigenvalue weighted by Crippen LogP contribution is 2.34. The van der Waals surface area contributed by atoms with E-state index >= 15 is 0 Å². The number of methoxy groups -OCH3 is 1. The number of ether oxygens (including phenoxy) is 1. The van der Waals surface area contributed by atoms with Crippen molar-refractivity contribution in [2.45, 2.75) is 51.9 Å². The topological polar surface area (TPSA) is 51.2 Å². The summed E-state index contributed by atoms with van der Waals surface area (Å²) in [4.78, 5) is 17.9. The number of thiazole rings is 1.